The van der Waals surface area contributed by atoms with Crippen LogP contribution < -0.4 is 15.1 Å². The van der Waals surface area contributed by atoms with E-state index in [1.54, 1.807) is 37.3 Å². The number of carbonyl (C=O) groups excluding carboxylic acids is 1. The number of anilines is 1. The molecule has 8 heteroatoms. The average molecular weight is 513 g/mol. The van der Waals surface area contributed by atoms with Crippen molar-refractivity contribution in [2.24, 2.45) is 0 Å². The maximum absolute atomic E-state index is 13.7. The number of benzene rings is 3. The van der Waals surface area contributed by atoms with Crippen LogP contribution in [0.2, 0.25) is 5.02 Å². The van der Waals surface area contributed by atoms with E-state index < -0.39 is 11.9 Å². The summed E-state index contributed by atoms with van der Waals surface area (Å²) >= 11 is 6.24. The molecule has 0 bridgehead atoms. The van der Waals surface area contributed by atoms with Crippen LogP contribution in [0, 0.1) is 13.8 Å². The molecule has 1 aliphatic heterocycles. The van der Waals surface area contributed by atoms with Crippen molar-refractivity contribution in [2.45, 2.75) is 26.5 Å². The molecule has 0 saturated carbocycles. The Balaban J connectivity index is 1.43. The van der Waals surface area contributed by atoms with Crippen LogP contribution in [0.5, 0.6) is 5.75 Å². The van der Waals surface area contributed by atoms with Gasteiger partial charge in [0.25, 0.3) is 5.91 Å². The summed E-state index contributed by atoms with van der Waals surface area (Å²) in [5.74, 6) is 1.02. The van der Waals surface area contributed by atoms with Gasteiger partial charge in [0, 0.05) is 16.7 Å². The number of aryl methyl sites for hydroxylation is 2. The van der Waals surface area contributed by atoms with E-state index in [-0.39, 0.29) is 16.8 Å². The third kappa shape index (κ3) is 3.97. The molecular formula is C29H21ClN2O5. The number of fused-ring (bicyclic) bond motifs is 2. The van der Waals surface area contributed by atoms with E-state index in [2.05, 4.69) is 5.16 Å². The molecule has 0 radical (unpaired) electrons. The standard InChI is InChI=1S/C29H21ClN2O5/c1-16-7-12-23-21(13-16)27(33)25-26(32(29(34)28(25)36-23)24-14-17(2)37-31-24)18-8-10-20(11-9-18)35-15-19-5-3-4-6-22(19)30/h3-14,26H,15H2,1-2H3. The second kappa shape index (κ2) is 8.94. The molecule has 0 N–H and O–H groups in total. The SMILES string of the molecule is Cc1ccc2oc3c(c(=O)c2c1)C(c1ccc(OCc2ccccc2Cl)cc1)N(c1cc(C)on1)C3=O. The number of hydrogen-bond acceptors (Lipinski definition) is 6. The lowest BCUT2D eigenvalue weighted by atomic mass is 9.98. The van der Waals surface area contributed by atoms with Crippen LogP contribution in [0.15, 0.2) is 86.5 Å². The molecule has 1 amide bonds. The molecule has 1 aliphatic rings. The highest BCUT2D eigenvalue weighted by Crippen LogP contribution is 2.41. The highest BCUT2D eigenvalue weighted by molar-refractivity contribution is 6.31. The molecule has 2 aromatic heterocycles. The second-order valence-corrected chi connectivity index (χ2v) is 9.40. The highest BCUT2D eigenvalue weighted by Gasteiger charge is 2.44. The van der Waals surface area contributed by atoms with Crippen molar-refractivity contribution in [3.8, 4) is 5.75 Å². The molecule has 0 saturated heterocycles. The number of carbonyl (C=O) groups is 1. The van der Waals surface area contributed by atoms with Gasteiger partial charge in [-0.1, -0.05) is 58.7 Å². The van der Waals surface area contributed by atoms with Crippen molar-refractivity contribution in [1.82, 2.24) is 5.16 Å². The fourth-order valence-electron chi connectivity index (χ4n) is 4.63. The quantitative estimate of drug-likeness (QED) is 0.271. The first kappa shape index (κ1) is 23.1. The second-order valence-electron chi connectivity index (χ2n) is 9.00. The first-order valence-corrected chi connectivity index (χ1v) is 12.1. The number of amides is 1. The first-order chi connectivity index (χ1) is 17.9. The predicted octanol–water partition coefficient (Wildman–Crippen LogP) is 6.38. The summed E-state index contributed by atoms with van der Waals surface area (Å²) in [6, 6.07) is 21.0. The lowest BCUT2D eigenvalue weighted by molar-refractivity contribution is 0.0969. The van der Waals surface area contributed by atoms with E-state index in [4.69, 9.17) is 25.3 Å². The van der Waals surface area contributed by atoms with Crippen molar-refractivity contribution in [2.75, 3.05) is 4.90 Å². The molecule has 184 valence electrons. The Kier molecular flexibility index (Phi) is 5.57. The number of aromatic nitrogens is 1. The van der Waals surface area contributed by atoms with E-state index in [9.17, 15) is 9.59 Å². The van der Waals surface area contributed by atoms with E-state index in [0.717, 1.165) is 11.1 Å². The summed E-state index contributed by atoms with van der Waals surface area (Å²) < 4.78 is 17.2. The monoisotopic (exact) mass is 512 g/mol. The molecule has 7 nitrogen and oxygen atoms in total. The average Bonchev–Trinajstić information content (AvgIpc) is 3.45. The highest BCUT2D eigenvalue weighted by atomic mass is 35.5. The number of nitrogens with zero attached hydrogens (tertiary/aromatic N) is 2. The van der Waals surface area contributed by atoms with Crippen LogP contribution >= 0.6 is 11.6 Å². The van der Waals surface area contributed by atoms with Gasteiger partial charge in [0.05, 0.1) is 17.0 Å². The summed E-state index contributed by atoms with van der Waals surface area (Å²) in [7, 11) is 0. The van der Waals surface area contributed by atoms with Crippen LogP contribution in [0.4, 0.5) is 5.82 Å². The zero-order valence-electron chi connectivity index (χ0n) is 20.0. The number of ether oxygens (including phenoxy) is 1. The van der Waals surface area contributed by atoms with Crippen molar-refractivity contribution < 1.29 is 18.5 Å². The smallest absolute Gasteiger partial charge is 0.296 e. The van der Waals surface area contributed by atoms with Crippen molar-refractivity contribution in [3.63, 3.8) is 0 Å². The molecule has 37 heavy (non-hydrogen) atoms. The Morgan fingerprint density at radius 1 is 1.00 bits per heavy atom. The summed E-state index contributed by atoms with van der Waals surface area (Å²) in [5, 5.41) is 5.12. The van der Waals surface area contributed by atoms with Gasteiger partial charge in [0.2, 0.25) is 5.76 Å². The van der Waals surface area contributed by atoms with Gasteiger partial charge in [0.15, 0.2) is 11.2 Å². The maximum atomic E-state index is 13.7. The number of halogens is 1. The van der Waals surface area contributed by atoms with Crippen molar-refractivity contribution in [3.05, 3.63) is 122 Å². The van der Waals surface area contributed by atoms with Crippen molar-refractivity contribution >= 4 is 34.3 Å². The Morgan fingerprint density at radius 2 is 1.78 bits per heavy atom. The van der Waals surface area contributed by atoms with E-state index in [1.165, 1.54) is 4.90 Å². The van der Waals surface area contributed by atoms with Crippen molar-refractivity contribution in [1.29, 1.82) is 0 Å². The topological polar surface area (TPSA) is 85.8 Å². The number of rotatable bonds is 5. The lowest BCUT2D eigenvalue weighted by Crippen LogP contribution is -2.29. The zero-order chi connectivity index (χ0) is 25.7. The molecule has 6 rings (SSSR count). The normalized spacial score (nSPS) is 14.8. The molecule has 0 aliphatic carbocycles. The van der Waals surface area contributed by atoms with Gasteiger partial charge < -0.3 is 13.7 Å². The van der Waals surface area contributed by atoms with Gasteiger partial charge in [-0.3, -0.25) is 14.5 Å². The summed E-state index contributed by atoms with van der Waals surface area (Å²) in [6.45, 7) is 3.95. The Labute approximate surface area is 216 Å². The third-order valence-electron chi connectivity index (χ3n) is 6.44. The molecule has 0 fully saturated rings. The van der Waals surface area contributed by atoms with Crippen LogP contribution in [0.3, 0.4) is 0 Å². The van der Waals surface area contributed by atoms with Gasteiger partial charge in [-0.05, 0) is 49.7 Å². The largest absolute Gasteiger partial charge is 0.489 e. The molecular weight excluding hydrogens is 492 g/mol. The molecule has 0 spiro atoms. The minimum Gasteiger partial charge on any atom is -0.489 e. The fourth-order valence-corrected chi connectivity index (χ4v) is 4.82. The first-order valence-electron chi connectivity index (χ1n) is 11.7. The maximum Gasteiger partial charge on any atom is 0.296 e. The van der Waals surface area contributed by atoms with Crippen LogP contribution in [0.1, 0.15) is 44.6 Å². The van der Waals surface area contributed by atoms with Crippen LogP contribution in [0.25, 0.3) is 11.0 Å². The summed E-state index contributed by atoms with van der Waals surface area (Å²) in [6.07, 6.45) is 0. The lowest BCUT2D eigenvalue weighted by Gasteiger charge is -2.22. The van der Waals surface area contributed by atoms with Crippen LogP contribution in [-0.4, -0.2) is 11.1 Å². The van der Waals surface area contributed by atoms with Gasteiger partial charge in [0.1, 0.15) is 23.7 Å². The Morgan fingerprint density at radius 3 is 2.51 bits per heavy atom. The Hall–Kier alpha value is -4.36. The zero-order valence-corrected chi connectivity index (χ0v) is 20.8. The minimum absolute atomic E-state index is 0.00560. The molecule has 5 aromatic rings. The molecule has 3 aromatic carbocycles. The Bertz CT molecular complexity index is 1720. The van der Waals surface area contributed by atoms with Gasteiger partial charge >= 0.3 is 0 Å². The minimum atomic E-state index is -0.745. The van der Waals surface area contributed by atoms with Gasteiger partial charge in [-0.15, -0.1) is 0 Å². The van der Waals surface area contributed by atoms with E-state index in [1.807, 2.05) is 49.4 Å². The third-order valence-corrected chi connectivity index (χ3v) is 6.80. The van der Waals surface area contributed by atoms with Crippen LogP contribution in [-0.2, 0) is 6.61 Å². The van der Waals surface area contributed by atoms with E-state index >= 15 is 0 Å². The molecule has 3 heterocycles. The fraction of sp³-hybridized carbons (Fsp3) is 0.138. The summed E-state index contributed by atoms with van der Waals surface area (Å²) in [4.78, 5) is 28.7. The number of hydrogen-bond donors (Lipinski definition) is 0. The van der Waals surface area contributed by atoms with E-state index in [0.29, 0.717) is 45.5 Å². The molecule has 1 unspecified atom stereocenters. The van der Waals surface area contributed by atoms with Gasteiger partial charge in [-0.25, -0.2) is 0 Å². The van der Waals surface area contributed by atoms with Gasteiger partial charge in [-0.2, -0.15) is 0 Å². The predicted molar refractivity (Wildman–Crippen MR) is 139 cm³/mol. The molecule has 1 atom stereocenters. The summed E-state index contributed by atoms with van der Waals surface area (Å²) in [5.41, 5.74) is 2.88.